The average Bonchev–Trinajstić information content (AvgIpc) is 2.17. The van der Waals surface area contributed by atoms with E-state index in [0.29, 0.717) is 24.5 Å². The van der Waals surface area contributed by atoms with Gasteiger partial charge in [0.25, 0.3) is 0 Å². The van der Waals surface area contributed by atoms with E-state index >= 15 is 0 Å². The predicted octanol–water partition coefficient (Wildman–Crippen LogP) is 0.344. The summed E-state index contributed by atoms with van der Waals surface area (Å²) in [7, 11) is 0. The van der Waals surface area contributed by atoms with Crippen LogP contribution < -0.4 is 16.0 Å². The van der Waals surface area contributed by atoms with Crippen molar-refractivity contribution in [2.24, 2.45) is 0 Å². The molecule has 0 atom stereocenters. The average molecular weight is 209 g/mol. The second-order valence-electron chi connectivity index (χ2n) is 3.47. The lowest BCUT2D eigenvalue weighted by molar-refractivity contribution is -0.120. The molecule has 4 nitrogen and oxygen atoms in total. The summed E-state index contributed by atoms with van der Waals surface area (Å²) >= 11 is 0. The summed E-state index contributed by atoms with van der Waals surface area (Å²) in [5.41, 5.74) is 6.76. The highest BCUT2D eigenvalue weighted by Gasteiger charge is 2.18. The van der Waals surface area contributed by atoms with Gasteiger partial charge in [-0.15, -0.1) is 0 Å². The first-order valence-electron chi connectivity index (χ1n) is 4.73. The van der Waals surface area contributed by atoms with Crippen molar-refractivity contribution in [3.05, 3.63) is 24.0 Å². The van der Waals surface area contributed by atoms with Crippen LogP contribution in [0.25, 0.3) is 0 Å². The third-order valence-electron chi connectivity index (χ3n) is 2.37. The summed E-state index contributed by atoms with van der Waals surface area (Å²) in [6.45, 7) is 1.56. The first-order valence-corrected chi connectivity index (χ1v) is 4.73. The van der Waals surface area contributed by atoms with Gasteiger partial charge in [0, 0.05) is 13.1 Å². The van der Waals surface area contributed by atoms with Crippen LogP contribution in [0.15, 0.2) is 18.2 Å². The van der Waals surface area contributed by atoms with Gasteiger partial charge in [0.15, 0.2) is 0 Å². The van der Waals surface area contributed by atoms with Crippen LogP contribution >= 0.6 is 0 Å². The highest BCUT2D eigenvalue weighted by Crippen LogP contribution is 2.24. The lowest BCUT2D eigenvalue weighted by atomic mass is 10.2. The number of carbonyl (C=O) groups is 1. The van der Waals surface area contributed by atoms with Crippen LogP contribution in [0.4, 0.5) is 15.8 Å². The van der Waals surface area contributed by atoms with Crippen LogP contribution in [0.3, 0.4) is 0 Å². The number of hydrogen-bond acceptors (Lipinski definition) is 3. The van der Waals surface area contributed by atoms with E-state index in [-0.39, 0.29) is 18.3 Å². The number of halogens is 1. The Morgan fingerprint density at radius 2 is 2.27 bits per heavy atom. The molecule has 1 heterocycles. The van der Waals surface area contributed by atoms with E-state index < -0.39 is 0 Å². The summed E-state index contributed by atoms with van der Waals surface area (Å²) < 4.78 is 12.8. The maximum atomic E-state index is 12.8. The SMILES string of the molecule is Nc1cc(F)ccc1N1CCNC(=O)C1. The van der Waals surface area contributed by atoms with Gasteiger partial charge < -0.3 is 16.0 Å². The van der Waals surface area contributed by atoms with Crippen LogP contribution in [0, 0.1) is 5.82 Å². The summed E-state index contributed by atoms with van der Waals surface area (Å²) in [6, 6.07) is 4.21. The van der Waals surface area contributed by atoms with Crippen molar-refractivity contribution in [2.45, 2.75) is 0 Å². The number of amides is 1. The predicted molar refractivity (Wildman–Crippen MR) is 56.0 cm³/mol. The third-order valence-corrected chi connectivity index (χ3v) is 2.37. The van der Waals surface area contributed by atoms with Gasteiger partial charge in [-0.1, -0.05) is 0 Å². The molecule has 0 aromatic heterocycles. The molecule has 1 saturated heterocycles. The van der Waals surface area contributed by atoms with Crippen molar-refractivity contribution in [1.29, 1.82) is 0 Å². The van der Waals surface area contributed by atoms with Gasteiger partial charge >= 0.3 is 0 Å². The molecule has 5 heteroatoms. The zero-order valence-electron chi connectivity index (χ0n) is 8.16. The monoisotopic (exact) mass is 209 g/mol. The Balaban J connectivity index is 2.24. The molecule has 1 aromatic rings. The first kappa shape index (κ1) is 9.76. The quantitative estimate of drug-likeness (QED) is 0.656. The number of nitrogens with two attached hydrogens (primary N) is 1. The summed E-state index contributed by atoms with van der Waals surface area (Å²) in [4.78, 5) is 13.0. The lowest BCUT2D eigenvalue weighted by Gasteiger charge is -2.29. The molecule has 0 saturated carbocycles. The molecule has 2 rings (SSSR count). The highest BCUT2D eigenvalue weighted by molar-refractivity contribution is 5.84. The second-order valence-corrected chi connectivity index (χ2v) is 3.47. The van der Waals surface area contributed by atoms with E-state index in [4.69, 9.17) is 5.73 Å². The number of piperazine rings is 1. The maximum Gasteiger partial charge on any atom is 0.239 e. The molecular formula is C10H12FN3O. The molecule has 0 aliphatic carbocycles. The van der Waals surface area contributed by atoms with Gasteiger partial charge in [-0.05, 0) is 18.2 Å². The van der Waals surface area contributed by atoms with Gasteiger partial charge in [0.05, 0.1) is 17.9 Å². The number of rotatable bonds is 1. The summed E-state index contributed by atoms with van der Waals surface area (Å²) in [6.07, 6.45) is 0. The largest absolute Gasteiger partial charge is 0.397 e. The fraction of sp³-hybridized carbons (Fsp3) is 0.300. The van der Waals surface area contributed by atoms with Gasteiger partial charge in [-0.25, -0.2) is 4.39 Å². The molecule has 1 aliphatic heterocycles. The Morgan fingerprint density at radius 3 is 2.93 bits per heavy atom. The zero-order valence-corrected chi connectivity index (χ0v) is 8.16. The van der Waals surface area contributed by atoms with E-state index in [1.165, 1.54) is 12.1 Å². The van der Waals surface area contributed by atoms with E-state index in [2.05, 4.69) is 5.32 Å². The fourth-order valence-corrected chi connectivity index (χ4v) is 1.66. The van der Waals surface area contributed by atoms with Crippen molar-refractivity contribution in [1.82, 2.24) is 5.32 Å². The summed E-state index contributed by atoms with van der Waals surface area (Å²) in [5, 5.41) is 2.72. The molecule has 1 aliphatic rings. The molecule has 15 heavy (non-hydrogen) atoms. The molecule has 1 aromatic carbocycles. The minimum absolute atomic E-state index is 0.0371. The van der Waals surface area contributed by atoms with Crippen molar-refractivity contribution in [3.63, 3.8) is 0 Å². The van der Waals surface area contributed by atoms with Crippen molar-refractivity contribution in [3.8, 4) is 0 Å². The molecule has 1 fully saturated rings. The van der Waals surface area contributed by atoms with Crippen LogP contribution in [-0.4, -0.2) is 25.5 Å². The Kier molecular flexibility index (Phi) is 2.45. The van der Waals surface area contributed by atoms with E-state index in [0.717, 1.165) is 0 Å². The topological polar surface area (TPSA) is 58.4 Å². The fourth-order valence-electron chi connectivity index (χ4n) is 1.66. The van der Waals surface area contributed by atoms with Gasteiger partial charge in [0.1, 0.15) is 5.82 Å². The van der Waals surface area contributed by atoms with Gasteiger partial charge in [-0.3, -0.25) is 4.79 Å². The number of benzene rings is 1. The van der Waals surface area contributed by atoms with Gasteiger partial charge in [0.2, 0.25) is 5.91 Å². The van der Waals surface area contributed by atoms with Crippen LogP contribution in [0.2, 0.25) is 0 Å². The first-order chi connectivity index (χ1) is 7.16. The molecular weight excluding hydrogens is 197 g/mol. The van der Waals surface area contributed by atoms with Crippen LogP contribution in [0.5, 0.6) is 0 Å². The van der Waals surface area contributed by atoms with Crippen LogP contribution in [-0.2, 0) is 4.79 Å². The number of carbonyl (C=O) groups excluding carboxylic acids is 1. The van der Waals surface area contributed by atoms with E-state index in [1.54, 1.807) is 6.07 Å². The second kappa shape index (κ2) is 3.76. The van der Waals surface area contributed by atoms with Crippen molar-refractivity contribution in [2.75, 3.05) is 30.3 Å². The van der Waals surface area contributed by atoms with Crippen molar-refractivity contribution >= 4 is 17.3 Å². The minimum atomic E-state index is -0.363. The molecule has 0 bridgehead atoms. The number of nitrogen functional groups attached to an aromatic ring is 1. The third kappa shape index (κ3) is 2.01. The highest BCUT2D eigenvalue weighted by atomic mass is 19.1. The zero-order chi connectivity index (χ0) is 10.8. The molecule has 1 amide bonds. The molecule has 0 unspecified atom stereocenters. The molecule has 0 radical (unpaired) electrons. The molecule has 3 N–H and O–H groups in total. The van der Waals surface area contributed by atoms with E-state index in [1.807, 2.05) is 4.90 Å². The maximum absolute atomic E-state index is 12.8. The number of nitrogens with zero attached hydrogens (tertiary/aromatic N) is 1. The number of anilines is 2. The Hall–Kier alpha value is -1.78. The Morgan fingerprint density at radius 1 is 1.47 bits per heavy atom. The lowest BCUT2D eigenvalue weighted by Crippen LogP contribution is -2.47. The smallest absolute Gasteiger partial charge is 0.239 e. The normalized spacial score (nSPS) is 16.3. The summed E-state index contributed by atoms with van der Waals surface area (Å²) in [5.74, 6) is -0.400. The minimum Gasteiger partial charge on any atom is -0.397 e. The standard InChI is InChI=1S/C10H12FN3O/c11-7-1-2-9(8(12)5-7)14-4-3-13-10(15)6-14/h1-2,5H,3-4,6,12H2,(H,13,15). The number of nitrogens with one attached hydrogen (secondary N) is 1. The van der Waals surface area contributed by atoms with E-state index in [9.17, 15) is 9.18 Å². The van der Waals surface area contributed by atoms with Gasteiger partial charge in [-0.2, -0.15) is 0 Å². The molecule has 80 valence electrons. The Bertz CT molecular complexity index is 394. The Labute approximate surface area is 86.9 Å². The van der Waals surface area contributed by atoms with Crippen LogP contribution in [0.1, 0.15) is 0 Å². The molecule has 0 spiro atoms. The number of hydrogen-bond donors (Lipinski definition) is 2. The van der Waals surface area contributed by atoms with Crippen molar-refractivity contribution < 1.29 is 9.18 Å².